The van der Waals surface area contributed by atoms with Gasteiger partial charge < -0.3 is 16.4 Å². The number of rotatable bonds is 5. The van der Waals surface area contributed by atoms with Crippen molar-refractivity contribution in [3.05, 3.63) is 29.8 Å². The monoisotopic (exact) mass is 259 g/mol. The quantitative estimate of drug-likeness (QED) is 0.760. The fourth-order valence-corrected chi connectivity index (χ4v) is 2.57. The van der Waals surface area contributed by atoms with E-state index in [1.165, 1.54) is 25.7 Å². The molecule has 2 amide bonds. The van der Waals surface area contributed by atoms with Gasteiger partial charge in [0, 0.05) is 18.3 Å². The average Bonchev–Trinajstić information content (AvgIpc) is 3.30. The van der Waals surface area contributed by atoms with Crippen LogP contribution in [-0.2, 0) is 6.54 Å². The van der Waals surface area contributed by atoms with E-state index in [2.05, 4.69) is 10.6 Å². The normalized spacial score (nSPS) is 18.4. The summed E-state index contributed by atoms with van der Waals surface area (Å²) in [5.74, 6) is 1.44. The second-order valence-electron chi connectivity index (χ2n) is 5.70. The van der Waals surface area contributed by atoms with Gasteiger partial charge in [-0.2, -0.15) is 0 Å². The van der Waals surface area contributed by atoms with Gasteiger partial charge in [0.25, 0.3) is 0 Å². The number of nitrogens with two attached hydrogens (primary N) is 1. The molecule has 102 valence electrons. The van der Waals surface area contributed by atoms with Crippen LogP contribution in [0.4, 0.5) is 10.5 Å². The lowest BCUT2D eigenvalue weighted by Gasteiger charge is -2.18. The molecular formula is C15H21N3O. The standard InChI is InChI=1S/C15H21N3O/c16-9-10-1-7-13(8-2-10)17-15(19)18-14(11-3-4-11)12-5-6-12/h1-2,7-8,11-12,14H,3-6,9,16H2,(H2,17,18,19). The van der Waals surface area contributed by atoms with Gasteiger partial charge in [0.1, 0.15) is 0 Å². The third kappa shape index (κ3) is 3.26. The topological polar surface area (TPSA) is 67.1 Å². The highest BCUT2D eigenvalue weighted by molar-refractivity contribution is 5.89. The van der Waals surface area contributed by atoms with Crippen LogP contribution in [0.5, 0.6) is 0 Å². The highest BCUT2D eigenvalue weighted by atomic mass is 16.2. The van der Waals surface area contributed by atoms with Crippen LogP contribution >= 0.6 is 0 Å². The smallest absolute Gasteiger partial charge is 0.319 e. The molecule has 0 atom stereocenters. The number of anilines is 1. The molecule has 0 spiro atoms. The number of urea groups is 1. The first-order valence-corrected chi connectivity index (χ1v) is 7.13. The van der Waals surface area contributed by atoms with E-state index in [-0.39, 0.29) is 6.03 Å². The zero-order valence-corrected chi connectivity index (χ0v) is 11.1. The average molecular weight is 259 g/mol. The van der Waals surface area contributed by atoms with Gasteiger partial charge in [0.2, 0.25) is 0 Å². The second-order valence-corrected chi connectivity index (χ2v) is 5.70. The first-order valence-electron chi connectivity index (χ1n) is 7.13. The van der Waals surface area contributed by atoms with Crippen molar-refractivity contribution in [3.63, 3.8) is 0 Å². The van der Waals surface area contributed by atoms with E-state index in [4.69, 9.17) is 5.73 Å². The molecule has 2 saturated carbocycles. The van der Waals surface area contributed by atoms with Crippen LogP contribution in [0.3, 0.4) is 0 Å². The number of carbonyl (C=O) groups excluding carboxylic acids is 1. The number of hydrogen-bond acceptors (Lipinski definition) is 2. The summed E-state index contributed by atoms with van der Waals surface area (Å²) in [4.78, 5) is 12.0. The number of carbonyl (C=O) groups is 1. The van der Waals surface area contributed by atoms with Crippen LogP contribution in [-0.4, -0.2) is 12.1 Å². The molecule has 4 N–H and O–H groups in total. The summed E-state index contributed by atoms with van der Waals surface area (Å²) in [6, 6.07) is 7.98. The van der Waals surface area contributed by atoms with E-state index in [1.54, 1.807) is 0 Å². The van der Waals surface area contributed by atoms with E-state index < -0.39 is 0 Å². The molecular weight excluding hydrogens is 238 g/mol. The zero-order valence-electron chi connectivity index (χ0n) is 11.1. The van der Waals surface area contributed by atoms with Crippen molar-refractivity contribution >= 4 is 11.7 Å². The van der Waals surface area contributed by atoms with Crippen molar-refractivity contribution in [2.75, 3.05) is 5.32 Å². The highest BCUT2D eigenvalue weighted by Gasteiger charge is 2.42. The van der Waals surface area contributed by atoms with Gasteiger partial charge in [-0.15, -0.1) is 0 Å². The molecule has 0 unspecified atom stereocenters. The van der Waals surface area contributed by atoms with Crippen LogP contribution in [0.15, 0.2) is 24.3 Å². The van der Waals surface area contributed by atoms with Crippen LogP contribution in [0.1, 0.15) is 31.2 Å². The van der Waals surface area contributed by atoms with Gasteiger partial charge in [-0.1, -0.05) is 12.1 Å². The summed E-state index contributed by atoms with van der Waals surface area (Å²) in [6.07, 6.45) is 5.08. The van der Waals surface area contributed by atoms with E-state index in [0.29, 0.717) is 12.6 Å². The maximum Gasteiger partial charge on any atom is 0.319 e. The summed E-state index contributed by atoms with van der Waals surface area (Å²) in [5, 5.41) is 6.04. The van der Waals surface area contributed by atoms with Crippen LogP contribution in [0.2, 0.25) is 0 Å². The van der Waals surface area contributed by atoms with Gasteiger partial charge in [-0.3, -0.25) is 0 Å². The third-order valence-electron chi connectivity index (χ3n) is 4.01. The molecule has 2 aliphatic rings. The lowest BCUT2D eigenvalue weighted by atomic mass is 10.1. The summed E-state index contributed by atoms with van der Waals surface area (Å²) in [5.41, 5.74) is 7.44. The highest BCUT2D eigenvalue weighted by Crippen LogP contribution is 2.44. The molecule has 0 radical (unpaired) electrons. The Balaban J connectivity index is 1.54. The molecule has 0 aliphatic heterocycles. The molecule has 0 aromatic heterocycles. The van der Waals surface area contributed by atoms with Gasteiger partial charge in [0.15, 0.2) is 0 Å². The second kappa shape index (κ2) is 5.21. The Morgan fingerprint density at radius 3 is 2.21 bits per heavy atom. The summed E-state index contributed by atoms with van der Waals surface area (Å²) in [6.45, 7) is 0.526. The van der Waals surface area contributed by atoms with Crippen molar-refractivity contribution in [1.82, 2.24) is 5.32 Å². The number of amides is 2. The van der Waals surface area contributed by atoms with E-state index >= 15 is 0 Å². The minimum Gasteiger partial charge on any atom is -0.335 e. The maximum atomic E-state index is 12.0. The van der Waals surface area contributed by atoms with Gasteiger partial charge in [0.05, 0.1) is 0 Å². The first kappa shape index (κ1) is 12.5. The Hall–Kier alpha value is -1.55. The van der Waals surface area contributed by atoms with E-state index in [0.717, 1.165) is 23.1 Å². The van der Waals surface area contributed by atoms with E-state index in [1.807, 2.05) is 24.3 Å². The molecule has 0 bridgehead atoms. The Labute approximate surface area is 113 Å². The van der Waals surface area contributed by atoms with Crippen LogP contribution < -0.4 is 16.4 Å². The molecule has 2 fully saturated rings. The van der Waals surface area contributed by atoms with Crippen molar-refractivity contribution < 1.29 is 4.79 Å². The van der Waals surface area contributed by atoms with Gasteiger partial charge >= 0.3 is 6.03 Å². The van der Waals surface area contributed by atoms with Crippen molar-refractivity contribution in [1.29, 1.82) is 0 Å². The lowest BCUT2D eigenvalue weighted by molar-refractivity contribution is 0.245. The Bertz CT molecular complexity index is 437. The van der Waals surface area contributed by atoms with Crippen LogP contribution in [0.25, 0.3) is 0 Å². The molecule has 4 heteroatoms. The minimum absolute atomic E-state index is 0.0794. The molecule has 19 heavy (non-hydrogen) atoms. The Morgan fingerprint density at radius 1 is 1.16 bits per heavy atom. The molecule has 1 aromatic rings. The largest absolute Gasteiger partial charge is 0.335 e. The summed E-state index contributed by atoms with van der Waals surface area (Å²) >= 11 is 0. The lowest BCUT2D eigenvalue weighted by Crippen LogP contribution is -2.40. The van der Waals surface area contributed by atoms with Gasteiger partial charge in [-0.25, -0.2) is 4.79 Å². The Kier molecular flexibility index (Phi) is 3.42. The number of benzene rings is 1. The third-order valence-corrected chi connectivity index (χ3v) is 4.01. The minimum atomic E-state index is -0.0794. The molecule has 2 aliphatic carbocycles. The number of nitrogens with one attached hydrogen (secondary N) is 2. The number of hydrogen-bond donors (Lipinski definition) is 3. The predicted octanol–water partition coefficient (Wildman–Crippen LogP) is 2.46. The summed E-state index contributed by atoms with van der Waals surface area (Å²) in [7, 11) is 0. The fraction of sp³-hybridized carbons (Fsp3) is 0.533. The van der Waals surface area contributed by atoms with Gasteiger partial charge in [-0.05, 0) is 55.2 Å². The molecule has 1 aromatic carbocycles. The SMILES string of the molecule is NCc1ccc(NC(=O)NC(C2CC2)C2CC2)cc1. The van der Waals surface area contributed by atoms with Crippen molar-refractivity contribution in [2.24, 2.45) is 17.6 Å². The zero-order chi connectivity index (χ0) is 13.2. The molecule has 0 saturated heterocycles. The van der Waals surface area contributed by atoms with Crippen molar-refractivity contribution in [2.45, 2.75) is 38.3 Å². The van der Waals surface area contributed by atoms with E-state index in [9.17, 15) is 4.79 Å². The maximum absolute atomic E-state index is 12.0. The summed E-state index contributed by atoms with van der Waals surface area (Å²) < 4.78 is 0. The first-order chi connectivity index (χ1) is 9.26. The molecule has 0 heterocycles. The fourth-order valence-electron chi connectivity index (χ4n) is 2.57. The predicted molar refractivity (Wildman–Crippen MR) is 75.7 cm³/mol. The van der Waals surface area contributed by atoms with Crippen molar-refractivity contribution in [3.8, 4) is 0 Å². The van der Waals surface area contributed by atoms with Crippen LogP contribution in [0, 0.1) is 11.8 Å². The molecule has 3 rings (SSSR count). The molecule has 4 nitrogen and oxygen atoms in total. The Morgan fingerprint density at radius 2 is 1.74 bits per heavy atom.